The lowest BCUT2D eigenvalue weighted by Crippen LogP contribution is -2.14. The van der Waals surface area contributed by atoms with Gasteiger partial charge in [0.2, 0.25) is 0 Å². The molecule has 0 atom stereocenters. The highest BCUT2D eigenvalue weighted by molar-refractivity contribution is 5.67. The van der Waals surface area contributed by atoms with Crippen molar-refractivity contribution >= 4 is 0 Å². The van der Waals surface area contributed by atoms with Crippen LogP contribution in [0.15, 0.2) is 85.7 Å². The summed E-state index contributed by atoms with van der Waals surface area (Å²) in [7, 11) is 0. The number of hydrogen-bond donors (Lipinski definition) is 0. The zero-order valence-corrected chi connectivity index (χ0v) is 17.4. The summed E-state index contributed by atoms with van der Waals surface area (Å²) in [6.07, 6.45) is 6.01. The lowest BCUT2D eigenvalue weighted by molar-refractivity contribution is 0.391. The van der Waals surface area contributed by atoms with E-state index in [1.54, 1.807) is 0 Å². The van der Waals surface area contributed by atoms with E-state index < -0.39 is 0 Å². The van der Waals surface area contributed by atoms with E-state index in [-0.39, 0.29) is 0 Å². The molecule has 0 N–H and O–H groups in total. The topological polar surface area (TPSA) is 16.1 Å². The Morgan fingerprint density at radius 2 is 1.57 bits per heavy atom. The molecule has 0 saturated heterocycles. The van der Waals surface area contributed by atoms with Crippen LogP contribution in [0.3, 0.4) is 0 Å². The van der Waals surface area contributed by atoms with Crippen molar-refractivity contribution in [2.75, 3.05) is 6.54 Å². The summed E-state index contributed by atoms with van der Waals surface area (Å²) in [6.45, 7) is 12.2. The minimum atomic E-state index is 0.959. The first-order valence-corrected chi connectivity index (χ1v) is 10.1. The van der Waals surface area contributed by atoms with Crippen molar-refractivity contribution in [3.63, 3.8) is 0 Å². The van der Waals surface area contributed by atoms with Gasteiger partial charge in [-0.2, -0.15) is 0 Å². The molecule has 28 heavy (non-hydrogen) atoms. The second-order valence-corrected chi connectivity index (χ2v) is 6.78. The Morgan fingerprint density at radius 1 is 0.929 bits per heavy atom. The molecule has 2 nitrogen and oxygen atoms in total. The van der Waals surface area contributed by atoms with E-state index in [0.29, 0.717) is 0 Å². The summed E-state index contributed by atoms with van der Waals surface area (Å²) in [6, 6.07) is 23.0. The van der Waals surface area contributed by atoms with Crippen LogP contribution in [0, 0.1) is 6.92 Å². The zero-order chi connectivity index (χ0) is 20.2. The molecule has 0 unspecified atom stereocenters. The minimum absolute atomic E-state index is 0.959. The van der Waals surface area contributed by atoms with Crippen LogP contribution in [0.25, 0.3) is 11.1 Å². The number of pyridine rings is 1. The molecule has 3 aromatic rings. The molecular formula is C26H32N2. The average molecular weight is 373 g/mol. The summed E-state index contributed by atoms with van der Waals surface area (Å²) >= 11 is 0. The Balaban J connectivity index is 0.000000209. The standard InChI is InChI=1S/C15H17N.C11H15N/c1-3-7-15-12(2)14(10-11-16-15)13-8-5-4-6-9-13;1-3-12(4-2)10-11-8-6-5-7-9-11/h4-6,8-11H,3,7H2,1-2H3;3,5-9H,1,4,10H2,2H3. The molecular weight excluding hydrogens is 340 g/mol. The molecule has 0 fully saturated rings. The van der Waals surface area contributed by atoms with Crippen LogP contribution in [0.1, 0.15) is 37.1 Å². The van der Waals surface area contributed by atoms with E-state index in [1.165, 1.54) is 27.9 Å². The first-order chi connectivity index (χ1) is 13.7. The summed E-state index contributed by atoms with van der Waals surface area (Å²) in [5.41, 5.74) is 6.46. The highest BCUT2D eigenvalue weighted by Gasteiger charge is 2.05. The van der Waals surface area contributed by atoms with Gasteiger partial charge in [0.05, 0.1) is 0 Å². The van der Waals surface area contributed by atoms with Crippen LogP contribution in [0.2, 0.25) is 0 Å². The molecule has 0 radical (unpaired) electrons. The molecule has 0 amide bonds. The lowest BCUT2D eigenvalue weighted by atomic mass is 9.99. The highest BCUT2D eigenvalue weighted by atomic mass is 15.1. The van der Waals surface area contributed by atoms with Crippen molar-refractivity contribution in [1.29, 1.82) is 0 Å². The molecule has 0 saturated carbocycles. The normalized spacial score (nSPS) is 9.96. The molecule has 0 spiro atoms. The summed E-state index contributed by atoms with van der Waals surface area (Å²) in [4.78, 5) is 6.63. The maximum atomic E-state index is 4.45. The van der Waals surface area contributed by atoms with Gasteiger partial charge in [-0.15, -0.1) is 0 Å². The summed E-state index contributed by atoms with van der Waals surface area (Å²) < 4.78 is 0. The molecule has 0 aliphatic carbocycles. The monoisotopic (exact) mass is 372 g/mol. The second kappa shape index (κ2) is 11.8. The maximum Gasteiger partial charge on any atom is 0.0438 e. The van der Waals surface area contributed by atoms with E-state index in [9.17, 15) is 0 Å². The fourth-order valence-electron chi connectivity index (χ4n) is 3.12. The first kappa shape index (κ1) is 21.4. The van der Waals surface area contributed by atoms with Crippen molar-refractivity contribution in [3.05, 3.63) is 103 Å². The predicted molar refractivity (Wildman–Crippen MR) is 121 cm³/mol. The molecule has 3 rings (SSSR count). The third-order valence-electron chi connectivity index (χ3n) is 4.77. The molecule has 0 bridgehead atoms. The Hall–Kier alpha value is -2.87. The van der Waals surface area contributed by atoms with Gasteiger partial charge in [-0.3, -0.25) is 4.98 Å². The van der Waals surface area contributed by atoms with Crippen LogP contribution in [0.5, 0.6) is 0 Å². The summed E-state index contributed by atoms with van der Waals surface area (Å²) in [5, 5.41) is 0. The Kier molecular flexibility index (Phi) is 9.00. The molecule has 1 aromatic heterocycles. The Morgan fingerprint density at radius 3 is 2.14 bits per heavy atom. The van der Waals surface area contributed by atoms with E-state index in [1.807, 2.05) is 24.5 Å². The molecule has 2 heteroatoms. The second-order valence-electron chi connectivity index (χ2n) is 6.78. The van der Waals surface area contributed by atoms with E-state index in [2.05, 4.69) is 91.8 Å². The fraction of sp³-hybridized carbons (Fsp3) is 0.269. The van der Waals surface area contributed by atoms with Gasteiger partial charge >= 0.3 is 0 Å². The van der Waals surface area contributed by atoms with Gasteiger partial charge in [-0.25, -0.2) is 0 Å². The highest BCUT2D eigenvalue weighted by Crippen LogP contribution is 2.24. The van der Waals surface area contributed by atoms with E-state index in [4.69, 9.17) is 0 Å². The van der Waals surface area contributed by atoms with E-state index >= 15 is 0 Å². The van der Waals surface area contributed by atoms with Gasteiger partial charge in [-0.05, 0) is 54.8 Å². The van der Waals surface area contributed by atoms with Crippen LogP contribution in [-0.2, 0) is 13.0 Å². The smallest absolute Gasteiger partial charge is 0.0438 e. The third-order valence-corrected chi connectivity index (χ3v) is 4.77. The molecule has 2 aromatic carbocycles. The molecule has 0 aliphatic heterocycles. The number of aromatic nitrogens is 1. The minimum Gasteiger partial charge on any atom is -0.374 e. The van der Waals surface area contributed by atoms with Crippen molar-refractivity contribution in [2.45, 2.75) is 40.2 Å². The largest absolute Gasteiger partial charge is 0.374 e. The maximum absolute atomic E-state index is 4.45. The number of benzene rings is 2. The van der Waals surface area contributed by atoms with E-state index in [0.717, 1.165) is 25.9 Å². The van der Waals surface area contributed by atoms with Crippen molar-refractivity contribution in [1.82, 2.24) is 9.88 Å². The van der Waals surface area contributed by atoms with Crippen molar-refractivity contribution < 1.29 is 0 Å². The summed E-state index contributed by atoms with van der Waals surface area (Å²) in [5.74, 6) is 0. The Labute approximate surface area is 170 Å². The fourth-order valence-corrected chi connectivity index (χ4v) is 3.12. The van der Waals surface area contributed by atoms with Gasteiger partial charge < -0.3 is 4.90 Å². The van der Waals surface area contributed by atoms with Crippen LogP contribution >= 0.6 is 0 Å². The van der Waals surface area contributed by atoms with Crippen molar-refractivity contribution in [2.24, 2.45) is 0 Å². The third kappa shape index (κ3) is 6.38. The first-order valence-electron chi connectivity index (χ1n) is 10.1. The number of nitrogens with zero attached hydrogens (tertiary/aromatic N) is 2. The van der Waals surface area contributed by atoms with Crippen LogP contribution < -0.4 is 0 Å². The quantitative estimate of drug-likeness (QED) is 0.461. The zero-order valence-electron chi connectivity index (χ0n) is 17.4. The van der Waals surface area contributed by atoms with Crippen LogP contribution in [0.4, 0.5) is 0 Å². The lowest BCUT2D eigenvalue weighted by Gasteiger charge is -2.17. The van der Waals surface area contributed by atoms with Gasteiger partial charge in [0.1, 0.15) is 0 Å². The van der Waals surface area contributed by atoms with Gasteiger partial charge in [0, 0.05) is 25.0 Å². The molecule has 0 aliphatic rings. The van der Waals surface area contributed by atoms with Gasteiger partial charge in [0.25, 0.3) is 0 Å². The number of aryl methyl sites for hydroxylation is 1. The SMILES string of the molecule is C=CN(CC)Cc1ccccc1.CCCc1nccc(-c2ccccc2)c1C. The molecule has 1 heterocycles. The Bertz CT molecular complexity index is 826. The molecule has 146 valence electrons. The predicted octanol–water partition coefficient (Wildman–Crippen LogP) is 6.66. The van der Waals surface area contributed by atoms with Gasteiger partial charge in [-0.1, -0.05) is 80.6 Å². The van der Waals surface area contributed by atoms with Crippen molar-refractivity contribution in [3.8, 4) is 11.1 Å². The van der Waals surface area contributed by atoms with Gasteiger partial charge in [0.15, 0.2) is 0 Å². The van der Waals surface area contributed by atoms with Crippen LogP contribution in [-0.4, -0.2) is 16.4 Å². The average Bonchev–Trinajstić information content (AvgIpc) is 2.75. The number of rotatable bonds is 7. The number of hydrogen-bond acceptors (Lipinski definition) is 2.